The third kappa shape index (κ3) is 3.08. The summed E-state index contributed by atoms with van der Waals surface area (Å²) >= 11 is 0. The van der Waals surface area contributed by atoms with E-state index in [0.29, 0.717) is 11.5 Å². The Morgan fingerprint density at radius 2 is 1.80 bits per heavy atom. The van der Waals surface area contributed by atoms with Gasteiger partial charge in [-0.2, -0.15) is 5.10 Å². The standard InChI is InChI=1S/C18H17N5O2/c24-17(20-16-12-13-6-1-2-11-23(13)21-16)14-7-5-8-15(19-14)18(25)22-9-3-4-10-22/h1-2,5-8,11-12H,3-4,9-10H2,(H,20,21,24). The molecule has 4 heterocycles. The van der Waals surface area contributed by atoms with Crippen molar-refractivity contribution < 1.29 is 9.59 Å². The van der Waals surface area contributed by atoms with Gasteiger partial charge in [0, 0.05) is 25.4 Å². The normalized spacial score (nSPS) is 14.0. The largest absolute Gasteiger partial charge is 0.337 e. The van der Waals surface area contributed by atoms with Crippen molar-refractivity contribution in [3.05, 3.63) is 60.0 Å². The Labute approximate surface area is 144 Å². The number of hydrogen-bond donors (Lipinski definition) is 1. The first-order valence-corrected chi connectivity index (χ1v) is 8.23. The van der Waals surface area contributed by atoms with Crippen LogP contribution in [-0.4, -0.2) is 44.4 Å². The van der Waals surface area contributed by atoms with Gasteiger partial charge in [-0.25, -0.2) is 9.50 Å². The average Bonchev–Trinajstić information content (AvgIpc) is 3.30. The summed E-state index contributed by atoms with van der Waals surface area (Å²) in [6, 6.07) is 12.3. The van der Waals surface area contributed by atoms with Crippen molar-refractivity contribution >= 4 is 23.1 Å². The lowest BCUT2D eigenvalue weighted by Crippen LogP contribution is -2.29. The number of pyridine rings is 2. The average molecular weight is 335 g/mol. The van der Waals surface area contributed by atoms with Crippen molar-refractivity contribution in [2.24, 2.45) is 0 Å². The molecule has 0 spiro atoms. The number of hydrogen-bond acceptors (Lipinski definition) is 4. The molecule has 1 saturated heterocycles. The molecule has 126 valence electrons. The number of carbonyl (C=O) groups is 2. The van der Waals surface area contributed by atoms with Crippen LogP contribution in [0.4, 0.5) is 5.82 Å². The van der Waals surface area contributed by atoms with Crippen LogP contribution in [0.5, 0.6) is 0 Å². The van der Waals surface area contributed by atoms with Gasteiger partial charge in [-0.3, -0.25) is 9.59 Å². The number of nitrogens with one attached hydrogen (secondary N) is 1. The summed E-state index contributed by atoms with van der Waals surface area (Å²) in [5.74, 6) is -0.0753. The van der Waals surface area contributed by atoms with Crippen LogP contribution < -0.4 is 5.32 Å². The van der Waals surface area contributed by atoms with E-state index in [1.54, 1.807) is 39.9 Å². The summed E-state index contributed by atoms with van der Waals surface area (Å²) in [5.41, 5.74) is 1.37. The lowest BCUT2D eigenvalue weighted by atomic mass is 10.2. The second kappa shape index (κ2) is 6.35. The van der Waals surface area contributed by atoms with Crippen molar-refractivity contribution in [1.82, 2.24) is 19.5 Å². The zero-order valence-corrected chi connectivity index (χ0v) is 13.6. The first-order chi connectivity index (χ1) is 12.2. The summed E-state index contributed by atoms with van der Waals surface area (Å²) in [6.07, 6.45) is 3.83. The number of nitrogens with zero attached hydrogens (tertiary/aromatic N) is 4. The highest BCUT2D eigenvalue weighted by Gasteiger charge is 2.21. The SMILES string of the molecule is O=C(Nc1cc2ccccn2n1)c1cccc(C(=O)N2CCCC2)n1. The predicted octanol–water partition coefficient (Wildman–Crippen LogP) is 2.22. The van der Waals surface area contributed by atoms with Gasteiger partial charge >= 0.3 is 0 Å². The molecule has 0 aromatic carbocycles. The van der Waals surface area contributed by atoms with Crippen LogP contribution in [0.3, 0.4) is 0 Å². The number of fused-ring (bicyclic) bond motifs is 1. The molecule has 7 nitrogen and oxygen atoms in total. The highest BCUT2D eigenvalue weighted by atomic mass is 16.2. The van der Waals surface area contributed by atoms with Gasteiger partial charge in [-0.05, 0) is 37.1 Å². The van der Waals surface area contributed by atoms with Gasteiger partial charge in [0.05, 0.1) is 5.52 Å². The van der Waals surface area contributed by atoms with E-state index in [1.807, 2.05) is 18.2 Å². The van der Waals surface area contributed by atoms with E-state index in [1.165, 1.54) is 0 Å². The molecular formula is C18H17N5O2. The smallest absolute Gasteiger partial charge is 0.275 e. The monoisotopic (exact) mass is 335 g/mol. The van der Waals surface area contributed by atoms with Gasteiger partial charge in [0.25, 0.3) is 11.8 Å². The Hall–Kier alpha value is -3.22. The Balaban J connectivity index is 1.53. The minimum Gasteiger partial charge on any atom is -0.337 e. The van der Waals surface area contributed by atoms with Gasteiger partial charge in [0.2, 0.25) is 0 Å². The minimum absolute atomic E-state index is 0.125. The molecule has 1 aliphatic rings. The van der Waals surface area contributed by atoms with E-state index in [2.05, 4.69) is 15.4 Å². The molecule has 0 bridgehead atoms. The lowest BCUT2D eigenvalue weighted by Gasteiger charge is -2.14. The fourth-order valence-electron chi connectivity index (χ4n) is 2.94. The van der Waals surface area contributed by atoms with Crippen LogP contribution in [0.1, 0.15) is 33.8 Å². The quantitative estimate of drug-likeness (QED) is 0.796. The van der Waals surface area contributed by atoms with E-state index in [4.69, 9.17) is 0 Å². The molecule has 1 N–H and O–H groups in total. The molecule has 25 heavy (non-hydrogen) atoms. The Bertz CT molecular complexity index is 910. The molecule has 2 amide bonds. The topological polar surface area (TPSA) is 79.6 Å². The molecule has 7 heteroatoms. The van der Waals surface area contributed by atoms with Gasteiger partial charge in [0.1, 0.15) is 11.4 Å². The highest BCUT2D eigenvalue weighted by molar-refractivity contribution is 6.03. The fourth-order valence-corrected chi connectivity index (χ4v) is 2.94. The van der Waals surface area contributed by atoms with E-state index < -0.39 is 0 Å². The molecule has 4 rings (SSSR count). The van der Waals surface area contributed by atoms with Gasteiger partial charge < -0.3 is 10.2 Å². The number of amides is 2. The molecule has 0 saturated carbocycles. The van der Waals surface area contributed by atoms with Crippen molar-refractivity contribution in [1.29, 1.82) is 0 Å². The Morgan fingerprint density at radius 1 is 1.00 bits per heavy atom. The number of rotatable bonds is 3. The number of likely N-dealkylation sites (tertiary alicyclic amines) is 1. The molecular weight excluding hydrogens is 318 g/mol. The maximum atomic E-state index is 12.4. The molecule has 1 aliphatic heterocycles. The maximum Gasteiger partial charge on any atom is 0.275 e. The number of carbonyl (C=O) groups excluding carboxylic acids is 2. The molecule has 3 aromatic rings. The van der Waals surface area contributed by atoms with Crippen LogP contribution >= 0.6 is 0 Å². The van der Waals surface area contributed by atoms with E-state index in [-0.39, 0.29) is 17.5 Å². The first-order valence-electron chi connectivity index (χ1n) is 8.23. The zero-order valence-electron chi connectivity index (χ0n) is 13.6. The van der Waals surface area contributed by atoms with Crippen molar-refractivity contribution in [3.8, 4) is 0 Å². The van der Waals surface area contributed by atoms with Crippen LogP contribution in [-0.2, 0) is 0 Å². The van der Waals surface area contributed by atoms with Gasteiger partial charge in [-0.1, -0.05) is 12.1 Å². The molecule has 3 aromatic heterocycles. The summed E-state index contributed by atoms with van der Waals surface area (Å²) in [6.45, 7) is 1.50. The molecule has 1 fully saturated rings. The summed E-state index contributed by atoms with van der Waals surface area (Å²) < 4.78 is 1.68. The zero-order chi connectivity index (χ0) is 17.2. The van der Waals surface area contributed by atoms with Gasteiger partial charge in [-0.15, -0.1) is 0 Å². The predicted molar refractivity (Wildman–Crippen MR) is 92.5 cm³/mol. The van der Waals surface area contributed by atoms with Crippen molar-refractivity contribution in [2.75, 3.05) is 18.4 Å². The third-order valence-electron chi connectivity index (χ3n) is 4.21. The van der Waals surface area contributed by atoms with E-state index >= 15 is 0 Å². The van der Waals surface area contributed by atoms with Crippen molar-refractivity contribution in [3.63, 3.8) is 0 Å². The van der Waals surface area contributed by atoms with Crippen LogP contribution in [0.2, 0.25) is 0 Å². The fraction of sp³-hybridized carbons (Fsp3) is 0.222. The van der Waals surface area contributed by atoms with E-state index in [0.717, 1.165) is 31.4 Å². The van der Waals surface area contributed by atoms with E-state index in [9.17, 15) is 9.59 Å². The second-order valence-electron chi connectivity index (χ2n) is 5.96. The Morgan fingerprint density at radius 3 is 2.60 bits per heavy atom. The van der Waals surface area contributed by atoms with Crippen LogP contribution in [0, 0.1) is 0 Å². The summed E-state index contributed by atoms with van der Waals surface area (Å²) in [5, 5.41) is 7.01. The minimum atomic E-state index is -0.389. The second-order valence-corrected chi connectivity index (χ2v) is 5.96. The highest BCUT2D eigenvalue weighted by Crippen LogP contribution is 2.14. The van der Waals surface area contributed by atoms with Crippen LogP contribution in [0.15, 0.2) is 48.7 Å². The molecule has 0 aliphatic carbocycles. The molecule has 0 radical (unpaired) electrons. The lowest BCUT2D eigenvalue weighted by molar-refractivity contribution is 0.0787. The number of aromatic nitrogens is 3. The van der Waals surface area contributed by atoms with Gasteiger partial charge in [0.15, 0.2) is 5.82 Å². The maximum absolute atomic E-state index is 12.4. The molecule has 0 atom stereocenters. The Kier molecular flexibility index (Phi) is 3.89. The summed E-state index contributed by atoms with van der Waals surface area (Å²) in [7, 11) is 0. The number of anilines is 1. The third-order valence-corrected chi connectivity index (χ3v) is 4.21. The van der Waals surface area contributed by atoms with Crippen molar-refractivity contribution in [2.45, 2.75) is 12.8 Å². The van der Waals surface area contributed by atoms with Crippen LogP contribution in [0.25, 0.3) is 5.52 Å². The first kappa shape index (κ1) is 15.3. The summed E-state index contributed by atoms with van der Waals surface area (Å²) in [4.78, 5) is 30.9. The molecule has 0 unspecified atom stereocenters.